The molecule has 1 fully saturated rings. The van der Waals surface area contributed by atoms with Crippen molar-refractivity contribution in [2.45, 2.75) is 6.42 Å². The predicted octanol–water partition coefficient (Wildman–Crippen LogP) is 0.791. The Balaban J connectivity index is 1.81. The van der Waals surface area contributed by atoms with Gasteiger partial charge in [0.25, 0.3) is 5.91 Å². The lowest BCUT2D eigenvalue weighted by atomic mass is 10.2. The molecule has 144 valence electrons. The number of benzene rings is 1. The smallest absolute Gasteiger partial charge is 0.254 e. The lowest BCUT2D eigenvalue weighted by Gasteiger charge is -2.23. The molecule has 1 aromatic rings. The summed E-state index contributed by atoms with van der Waals surface area (Å²) >= 11 is 0. The van der Waals surface area contributed by atoms with Gasteiger partial charge in [-0.3, -0.25) is 9.59 Å². The molecule has 0 bridgehead atoms. The van der Waals surface area contributed by atoms with Crippen molar-refractivity contribution >= 4 is 11.8 Å². The third kappa shape index (κ3) is 6.03. The monoisotopic (exact) mass is 368 g/mol. The second-order valence-electron chi connectivity index (χ2n) is 6.69. The van der Waals surface area contributed by atoms with E-state index in [0.29, 0.717) is 19.2 Å². The van der Waals surface area contributed by atoms with Crippen LogP contribution < -0.4 is 5.32 Å². The van der Waals surface area contributed by atoms with E-state index in [2.05, 4.69) is 15.1 Å². The van der Waals surface area contributed by atoms with Crippen LogP contribution in [0, 0.1) is 11.6 Å². The van der Waals surface area contributed by atoms with Crippen molar-refractivity contribution in [1.29, 1.82) is 0 Å². The highest BCUT2D eigenvalue weighted by atomic mass is 19.1. The normalized spacial score (nSPS) is 15.8. The maximum absolute atomic E-state index is 13.6. The molecule has 0 radical (unpaired) electrons. The topological polar surface area (TPSA) is 55.9 Å². The summed E-state index contributed by atoms with van der Waals surface area (Å²) < 4.78 is 26.5. The Hall–Kier alpha value is -2.06. The summed E-state index contributed by atoms with van der Waals surface area (Å²) in [7, 11) is 4.06. The van der Waals surface area contributed by atoms with Gasteiger partial charge in [0.1, 0.15) is 11.6 Å². The number of nitrogens with one attached hydrogen (secondary N) is 1. The van der Waals surface area contributed by atoms with Gasteiger partial charge in [-0.2, -0.15) is 0 Å². The summed E-state index contributed by atoms with van der Waals surface area (Å²) in [6.45, 7) is 4.69. The van der Waals surface area contributed by atoms with Crippen LogP contribution in [-0.2, 0) is 4.79 Å². The van der Waals surface area contributed by atoms with Gasteiger partial charge in [-0.15, -0.1) is 0 Å². The molecule has 8 heteroatoms. The first kappa shape index (κ1) is 20.3. The first-order valence-corrected chi connectivity index (χ1v) is 8.75. The minimum absolute atomic E-state index is 0.199. The van der Waals surface area contributed by atoms with Crippen molar-refractivity contribution < 1.29 is 18.4 Å². The van der Waals surface area contributed by atoms with Crippen LogP contribution in [-0.4, -0.2) is 86.4 Å². The molecule has 1 aliphatic rings. The Bertz CT molecular complexity index is 640. The molecule has 6 nitrogen and oxygen atoms in total. The Labute approximate surface area is 152 Å². The first-order chi connectivity index (χ1) is 12.4. The van der Waals surface area contributed by atoms with E-state index in [4.69, 9.17) is 0 Å². The molecule has 2 amide bonds. The van der Waals surface area contributed by atoms with Crippen LogP contribution in [0.4, 0.5) is 8.78 Å². The molecule has 2 rings (SSSR count). The van der Waals surface area contributed by atoms with E-state index in [0.717, 1.165) is 44.7 Å². The van der Waals surface area contributed by atoms with Crippen LogP contribution >= 0.6 is 0 Å². The number of halogens is 2. The summed E-state index contributed by atoms with van der Waals surface area (Å²) in [6, 6.07) is 2.73. The van der Waals surface area contributed by atoms with Crippen molar-refractivity contribution in [3.8, 4) is 0 Å². The fraction of sp³-hybridized carbons (Fsp3) is 0.556. The zero-order chi connectivity index (χ0) is 19.1. The van der Waals surface area contributed by atoms with Gasteiger partial charge in [-0.05, 0) is 39.2 Å². The first-order valence-electron chi connectivity index (χ1n) is 8.75. The number of carbonyl (C=O) groups is 2. The Morgan fingerprint density at radius 3 is 2.62 bits per heavy atom. The van der Waals surface area contributed by atoms with E-state index < -0.39 is 17.5 Å². The fourth-order valence-corrected chi connectivity index (χ4v) is 2.82. The summed E-state index contributed by atoms with van der Waals surface area (Å²) in [5, 5.41) is 2.42. The summed E-state index contributed by atoms with van der Waals surface area (Å²) in [4.78, 5) is 30.5. The Kier molecular flexibility index (Phi) is 7.47. The number of amides is 2. The molecule has 26 heavy (non-hydrogen) atoms. The van der Waals surface area contributed by atoms with Gasteiger partial charge < -0.3 is 20.0 Å². The van der Waals surface area contributed by atoms with Crippen LogP contribution in [0.25, 0.3) is 0 Å². The van der Waals surface area contributed by atoms with Gasteiger partial charge in [0.05, 0.1) is 12.1 Å². The summed E-state index contributed by atoms with van der Waals surface area (Å²) in [6.07, 6.45) is 0.875. The predicted molar refractivity (Wildman–Crippen MR) is 94.9 cm³/mol. The highest BCUT2D eigenvalue weighted by Crippen LogP contribution is 2.09. The molecule has 0 saturated carbocycles. The van der Waals surface area contributed by atoms with E-state index in [9.17, 15) is 18.4 Å². The Morgan fingerprint density at radius 2 is 1.92 bits per heavy atom. The van der Waals surface area contributed by atoms with Gasteiger partial charge in [-0.25, -0.2) is 8.78 Å². The minimum atomic E-state index is -0.943. The number of hydrogen-bond acceptors (Lipinski definition) is 4. The lowest BCUT2D eigenvalue weighted by molar-refractivity contribution is -0.130. The molecule has 0 unspecified atom stereocenters. The van der Waals surface area contributed by atoms with Crippen LogP contribution in [0.5, 0.6) is 0 Å². The average Bonchev–Trinajstić information content (AvgIpc) is 2.83. The van der Waals surface area contributed by atoms with Gasteiger partial charge >= 0.3 is 0 Å². The molecule has 1 heterocycles. The third-order valence-electron chi connectivity index (χ3n) is 4.38. The van der Waals surface area contributed by atoms with E-state index in [-0.39, 0.29) is 18.0 Å². The molecule has 1 aromatic carbocycles. The molecule has 0 spiro atoms. The number of rotatable bonds is 6. The summed E-state index contributed by atoms with van der Waals surface area (Å²) in [5.74, 6) is -2.62. The maximum atomic E-state index is 13.6. The van der Waals surface area contributed by atoms with Crippen LogP contribution in [0.3, 0.4) is 0 Å². The largest absolute Gasteiger partial charge is 0.343 e. The van der Waals surface area contributed by atoms with Gasteiger partial charge in [-0.1, -0.05) is 0 Å². The molecule has 0 aromatic heterocycles. The average molecular weight is 368 g/mol. The highest BCUT2D eigenvalue weighted by Gasteiger charge is 2.20. The number of nitrogens with zero attached hydrogens (tertiary/aromatic N) is 3. The summed E-state index contributed by atoms with van der Waals surface area (Å²) in [5.41, 5.74) is -0.273. The molecular weight excluding hydrogens is 342 g/mol. The third-order valence-corrected chi connectivity index (χ3v) is 4.38. The quantitative estimate of drug-likeness (QED) is 0.807. The SMILES string of the molecule is CN(C)CCN1CCCN(C(=O)CNC(=O)c2ccc(F)cc2F)CC1. The van der Waals surface area contributed by atoms with E-state index in [1.807, 2.05) is 14.1 Å². The number of hydrogen-bond donors (Lipinski definition) is 1. The number of carbonyl (C=O) groups excluding carboxylic acids is 2. The van der Waals surface area contributed by atoms with Crippen molar-refractivity contribution in [2.24, 2.45) is 0 Å². The lowest BCUT2D eigenvalue weighted by Crippen LogP contribution is -2.42. The van der Waals surface area contributed by atoms with Gasteiger partial charge in [0.15, 0.2) is 0 Å². The van der Waals surface area contributed by atoms with Crippen LogP contribution in [0.2, 0.25) is 0 Å². The molecule has 0 atom stereocenters. The molecule has 0 aliphatic carbocycles. The second-order valence-corrected chi connectivity index (χ2v) is 6.69. The zero-order valence-corrected chi connectivity index (χ0v) is 15.3. The van der Waals surface area contributed by atoms with Crippen molar-refractivity contribution in [3.63, 3.8) is 0 Å². The second kappa shape index (κ2) is 9.59. The van der Waals surface area contributed by atoms with Crippen molar-refractivity contribution in [3.05, 3.63) is 35.4 Å². The Morgan fingerprint density at radius 1 is 1.15 bits per heavy atom. The molecule has 1 aliphatic heterocycles. The molecule has 1 saturated heterocycles. The van der Waals surface area contributed by atoms with Gasteiger partial charge in [0, 0.05) is 38.8 Å². The van der Waals surface area contributed by atoms with Crippen molar-refractivity contribution in [2.75, 3.05) is 59.9 Å². The van der Waals surface area contributed by atoms with Crippen LogP contribution in [0.15, 0.2) is 18.2 Å². The standard InChI is InChI=1S/C18H26F2N4O2/c1-22(2)8-9-23-6-3-7-24(11-10-23)17(25)13-21-18(26)15-5-4-14(19)12-16(15)20/h4-5,12H,3,6-11,13H2,1-2H3,(H,21,26). The number of likely N-dealkylation sites (N-methyl/N-ethyl adjacent to an activating group) is 1. The van der Waals surface area contributed by atoms with E-state index >= 15 is 0 Å². The maximum Gasteiger partial charge on any atom is 0.254 e. The van der Waals surface area contributed by atoms with Crippen LogP contribution in [0.1, 0.15) is 16.8 Å². The zero-order valence-electron chi connectivity index (χ0n) is 15.3. The minimum Gasteiger partial charge on any atom is -0.343 e. The van der Waals surface area contributed by atoms with Gasteiger partial charge in [0.2, 0.25) is 5.91 Å². The highest BCUT2D eigenvalue weighted by molar-refractivity contribution is 5.96. The van der Waals surface area contributed by atoms with E-state index in [1.165, 1.54) is 0 Å². The van der Waals surface area contributed by atoms with E-state index in [1.54, 1.807) is 4.90 Å². The molecular formula is C18H26F2N4O2. The fourth-order valence-electron chi connectivity index (χ4n) is 2.82. The molecule has 1 N–H and O–H groups in total. The van der Waals surface area contributed by atoms with Crippen molar-refractivity contribution in [1.82, 2.24) is 20.0 Å².